The predicted octanol–water partition coefficient (Wildman–Crippen LogP) is -0.549. The van der Waals surface area contributed by atoms with Gasteiger partial charge in [-0.2, -0.15) is 4.98 Å². The maximum atomic E-state index is 12.8. The molecule has 0 aliphatic carbocycles. The number of amides is 4. The number of nitrogens with zero attached hydrogens (tertiary/aromatic N) is 5. The second-order valence-corrected chi connectivity index (χ2v) is 10.9. The minimum Gasteiger partial charge on any atom is -0.339 e. The summed E-state index contributed by atoms with van der Waals surface area (Å²) in [4.78, 5) is 59.4. The van der Waals surface area contributed by atoms with Crippen molar-refractivity contribution < 1.29 is 14.4 Å². The molecular weight excluding hydrogens is 502 g/mol. The Kier molecular flexibility index (Phi) is 8.04. The molecule has 13 heteroatoms. The number of rotatable bonds is 5. The Morgan fingerprint density at radius 2 is 1.62 bits per heavy atom. The smallest absolute Gasteiger partial charge is 0.339 e. The number of piperazine rings is 1. The van der Waals surface area contributed by atoms with Crippen LogP contribution in [0.1, 0.15) is 32.4 Å². The van der Waals surface area contributed by atoms with Crippen molar-refractivity contribution in [3.8, 4) is 5.69 Å². The highest BCUT2D eigenvalue weighted by atomic mass is 16.2. The van der Waals surface area contributed by atoms with Gasteiger partial charge in [0.25, 0.3) is 0 Å². The molecule has 2 aliphatic heterocycles. The first-order valence-corrected chi connectivity index (χ1v) is 13.0. The monoisotopic (exact) mass is 539 g/mol. The lowest BCUT2D eigenvalue weighted by atomic mass is 10.1. The molecule has 0 saturated carbocycles. The highest BCUT2D eigenvalue weighted by Gasteiger charge is 2.33. The van der Waals surface area contributed by atoms with Crippen LogP contribution < -0.4 is 28.2 Å². The quantitative estimate of drug-likeness (QED) is 0.390. The standard InChI is InChI=1S/C26H37N9O4/c1-16-14-34(15-19(16)27)22(36)21(28)17-4-6-18(7-5-17)35-9-8-20(31-25(35)39)30-24(38)33-12-10-32(11-13-33)23(37)26(2,3)29/h4-9,16,19,21H,10-15,27-29H2,1-3H3,(H,30,31,38,39). The fourth-order valence-corrected chi connectivity index (χ4v) is 4.73. The fourth-order valence-electron chi connectivity index (χ4n) is 4.73. The van der Waals surface area contributed by atoms with Crippen molar-refractivity contribution in [2.24, 2.45) is 23.1 Å². The molecule has 210 valence electrons. The topological polar surface area (TPSA) is 186 Å². The number of nitrogens with two attached hydrogens (primary N) is 3. The summed E-state index contributed by atoms with van der Waals surface area (Å²) in [7, 11) is 0. The van der Waals surface area contributed by atoms with Crippen LogP contribution in [0.4, 0.5) is 10.6 Å². The van der Waals surface area contributed by atoms with E-state index in [9.17, 15) is 19.2 Å². The van der Waals surface area contributed by atoms with Gasteiger partial charge in [0.15, 0.2) is 0 Å². The fraction of sp³-hybridized carbons (Fsp3) is 0.500. The molecular formula is C26H37N9O4. The summed E-state index contributed by atoms with van der Waals surface area (Å²) in [6, 6.07) is 7.01. The molecule has 2 saturated heterocycles. The first-order valence-electron chi connectivity index (χ1n) is 13.0. The van der Waals surface area contributed by atoms with E-state index in [0.29, 0.717) is 50.5 Å². The second kappa shape index (κ2) is 11.1. The van der Waals surface area contributed by atoms with Crippen LogP contribution in [-0.4, -0.2) is 92.9 Å². The van der Waals surface area contributed by atoms with E-state index in [1.165, 1.54) is 16.8 Å². The van der Waals surface area contributed by atoms with E-state index in [0.717, 1.165) is 0 Å². The molecule has 0 spiro atoms. The molecule has 4 amide bonds. The molecule has 0 bridgehead atoms. The van der Waals surface area contributed by atoms with Gasteiger partial charge in [0.05, 0.1) is 11.2 Å². The summed E-state index contributed by atoms with van der Waals surface area (Å²) in [5.41, 5.74) is 17.7. The molecule has 2 aliphatic rings. The van der Waals surface area contributed by atoms with E-state index in [1.54, 1.807) is 52.8 Å². The Morgan fingerprint density at radius 3 is 2.15 bits per heavy atom. The third-order valence-corrected chi connectivity index (χ3v) is 7.22. The third kappa shape index (κ3) is 6.27. The zero-order valence-electron chi connectivity index (χ0n) is 22.5. The minimum atomic E-state index is -0.969. The molecule has 39 heavy (non-hydrogen) atoms. The summed E-state index contributed by atoms with van der Waals surface area (Å²) in [6.07, 6.45) is 1.51. The van der Waals surface area contributed by atoms with Crippen molar-refractivity contribution in [3.63, 3.8) is 0 Å². The van der Waals surface area contributed by atoms with Gasteiger partial charge >= 0.3 is 11.7 Å². The number of benzene rings is 1. The lowest BCUT2D eigenvalue weighted by molar-refractivity contribution is -0.137. The van der Waals surface area contributed by atoms with Gasteiger partial charge in [-0.15, -0.1) is 0 Å². The summed E-state index contributed by atoms with van der Waals surface area (Å²) >= 11 is 0. The predicted molar refractivity (Wildman–Crippen MR) is 146 cm³/mol. The summed E-state index contributed by atoms with van der Waals surface area (Å²) in [6.45, 7) is 7.80. The van der Waals surface area contributed by atoms with Crippen LogP contribution in [0.15, 0.2) is 41.3 Å². The molecule has 0 radical (unpaired) electrons. The molecule has 13 nitrogen and oxygen atoms in total. The molecule has 7 N–H and O–H groups in total. The lowest BCUT2D eigenvalue weighted by Gasteiger charge is -2.37. The molecule has 2 fully saturated rings. The molecule has 3 heterocycles. The van der Waals surface area contributed by atoms with E-state index in [4.69, 9.17) is 17.2 Å². The van der Waals surface area contributed by atoms with Crippen molar-refractivity contribution >= 4 is 23.7 Å². The van der Waals surface area contributed by atoms with Crippen molar-refractivity contribution in [1.82, 2.24) is 24.3 Å². The molecule has 1 aromatic heterocycles. The second-order valence-electron chi connectivity index (χ2n) is 10.9. The highest BCUT2D eigenvalue weighted by molar-refractivity contribution is 5.89. The van der Waals surface area contributed by atoms with Gasteiger partial charge in [-0.3, -0.25) is 19.5 Å². The summed E-state index contributed by atoms with van der Waals surface area (Å²) in [5.74, 6) is -0.0104. The van der Waals surface area contributed by atoms with Gasteiger partial charge in [0, 0.05) is 51.5 Å². The normalized spacial score (nSPS) is 20.6. The zero-order chi connectivity index (χ0) is 28.5. The van der Waals surface area contributed by atoms with Crippen LogP contribution in [0.25, 0.3) is 5.69 Å². The van der Waals surface area contributed by atoms with Crippen LogP contribution >= 0.6 is 0 Å². The SMILES string of the molecule is CC1CN(C(=O)C(N)c2ccc(-n3ccc(NC(=O)N4CCN(C(=O)C(C)(C)N)CC4)nc3=O)cc2)CC1N. The average Bonchev–Trinajstić information content (AvgIpc) is 3.25. The van der Waals surface area contributed by atoms with Gasteiger partial charge in [0.2, 0.25) is 11.8 Å². The Labute approximate surface area is 226 Å². The summed E-state index contributed by atoms with van der Waals surface area (Å²) < 4.78 is 1.33. The number of carbonyl (C=O) groups is 3. The van der Waals surface area contributed by atoms with Crippen molar-refractivity contribution in [1.29, 1.82) is 0 Å². The molecule has 4 rings (SSSR count). The molecule has 3 unspecified atom stereocenters. The van der Waals surface area contributed by atoms with E-state index in [2.05, 4.69) is 10.3 Å². The maximum Gasteiger partial charge on any atom is 0.354 e. The minimum absolute atomic E-state index is 0.0551. The Bertz CT molecular complexity index is 1270. The number of carbonyl (C=O) groups excluding carboxylic acids is 3. The van der Waals surface area contributed by atoms with Gasteiger partial charge < -0.3 is 31.9 Å². The number of anilines is 1. The highest BCUT2D eigenvalue weighted by Crippen LogP contribution is 2.21. The van der Waals surface area contributed by atoms with Crippen molar-refractivity contribution in [3.05, 3.63) is 52.6 Å². The first kappa shape index (κ1) is 28.2. The van der Waals surface area contributed by atoms with Crippen LogP contribution in [0.2, 0.25) is 0 Å². The van der Waals surface area contributed by atoms with Crippen LogP contribution in [-0.2, 0) is 9.59 Å². The average molecular weight is 540 g/mol. The molecule has 1 aromatic carbocycles. The van der Waals surface area contributed by atoms with Crippen LogP contribution in [0.5, 0.6) is 0 Å². The van der Waals surface area contributed by atoms with Crippen molar-refractivity contribution in [2.45, 2.75) is 38.4 Å². The maximum absolute atomic E-state index is 12.8. The van der Waals surface area contributed by atoms with Gasteiger partial charge in [-0.05, 0) is 43.5 Å². The van der Waals surface area contributed by atoms with E-state index >= 15 is 0 Å². The number of nitrogens with one attached hydrogen (secondary N) is 1. The zero-order valence-corrected chi connectivity index (χ0v) is 22.5. The number of aromatic nitrogens is 2. The molecule has 3 atom stereocenters. The Morgan fingerprint density at radius 1 is 1.00 bits per heavy atom. The number of likely N-dealkylation sites (tertiary alicyclic amines) is 1. The van der Waals surface area contributed by atoms with E-state index in [1.807, 2.05) is 6.92 Å². The molecule has 2 aromatic rings. The number of urea groups is 1. The largest absolute Gasteiger partial charge is 0.354 e. The first-order chi connectivity index (χ1) is 18.3. The third-order valence-electron chi connectivity index (χ3n) is 7.22. The van der Waals surface area contributed by atoms with Crippen molar-refractivity contribution in [2.75, 3.05) is 44.6 Å². The van der Waals surface area contributed by atoms with Gasteiger partial charge in [0.1, 0.15) is 11.9 Å². The summed E-state index contributed by atoms with van der Waals surface area (Å²) in [5, 5.41) is 2.64. The van der Waals surface area contributed by atoms with Gasteiger partial charge in [-0.1, -0.05) is 19.1 Å². The van der Waals surface area contributed by atoms with E-state index < -0.39 is 23.3 Å². The van der Waals surface area contributed by atoms with Gasteiger partial charge in [-0.25, -0.2) is 9.59 Å². The van der Waals surface area contributed by atoms with Crippen LogP contribution in [0, 0.1) is 5.92 Å². The van der Waals surface area contributed by atoms with Crippen LogP contribution in [0.3, 0.4) is 0 Å². The number of hydrogen-bond donors (Lipinski definition) is 4. The Balaban J connectivity index is 1.35. The Hall–Kier alpha value is -3.81. The van der Waals surface area contributed by atoms with E-state index in [-0.39, 0.29) is 29.6 Å². The number of hydrogen-bond acceptors (Lipinski definition) is 8. The lowest BCUT2D eigenvalue weighted by Crippen LogP contribution is -2.58.